The fourth-order valence-corrected chi connectivity index (χ4v) is 2.33. The summed E-state index contributed by atoms with van der Waals surface area (Å²) in [4.78, 5) is 14.9. The molecule has 0 bridgehead atoms. The van der Waals surface area contributed by atoms with Crippen molar-refractivity contribution >= 4 is 5.91 Å². The van der Waals surface area contributed by atoms with E-state index in [1.54, 1.807) is 25.1 Å². The van der Waals surface area contributed by atoms with E-state index in [9.17, 15) is 9.18 Å². The van der Waals surface area contributed by atoms with Crippen molar-refractivity contribution in [2.24, 2.45) is 5.73 Å². The number of hydrogen-bond donors (Lipinski definition) is 2. The highest BCUT2D eigenvalue weighted by Gasteiger charge is 2.23. The first-order valence-corrected chi connectivity index (χ1v) is 7.73. The lowest BCUT2D eigenvalue weighted by Crippen LogP contribution is -2.38. The van der Waals surface area contributed by atoms with Gasteiger partial charge in [0.15, 0.2) is 11.5 Å². The van der Waals surface area contributed by atoms with Crippen LogP contribution < -0.4 is 25.3 Å². The number of nitrogens with zero attached hydrogens (tertiary/aromatic N) is 1. The standard InChI is InChI=1S/C17H18FN3O4/c1-10(17(19)22)20-7-11-5-6-13(16-15(11)24-9-25-16)23-8-12-3-2-4-14(18)21-12/h2-6,10,20H,7-9H2,1H3,(H2,19,22)/t10-/m0/s1. The van der Waals surface area contributed by atoms with Crippen molar-refractivity contribution in [1.82, 2.24) is 10.3 Å². The summed E-state index contributed by atoms with van der Waals surface area (Å²) in [6.07, 6.45) is 0. The summed E-state index contributed by atoms with van der Waals surface area (Å²) in [6, 6.07) is 7.59. The Morgan fingerprint density at radius 1 is 1.36 bits per heavy atom. The Kier molecular flexibility index (Phi) is 4.99. The van der Waals surface area contributed by atoms with Gasteiger partial charge >= 0.3 is 0 Å². The maximum atomic E-state index is 13.1. The number of ether oxygens (including phenoxy) is 3. The van der Waals surface area contributed by atoms with E-state index in [1.807, 2.05) is 6.07 Å². The Morgan fingerprint density at radius 3 is 2.92 bits per heavy atom. The van der Waals surface area contributed by atoms with Crippen LogP contribution in [0, 0.1) is 5.95 Å². The number of nitrogens with two attached hydrogens (primary N) is 1. The summed E-state index contributed by atoms with van der Waals surface area (Å²) < 4.78 is 29.8. The number of carbonyl (C=O) groups excluding carboxylic acids is 1. The predicted octanol–water partition coefficient (Wildman–Crippen LogP) is 1.49. The molecule has 1 amide bonds. The molecule has 2 aromatic rings. The minimum absolute atomic E-state index is 0.0757. The highest BCUT2D eigenvalue weighted by atomic mass is 19.1. The zero-order chi connectivity index (χ0) is 17.8. The lowest BCUT2D eigenvalue weighted by Gasteiger charge is -2.13. The number of fused-ring (bicyclic) bond motifs is 1. The number of hydrogen-bond acceptors (Lipinski definition) is 6. The van der Waals surface area contributed by atoms with E-state index < -0.39 is 17.9 Å². The highest BCUT2D eigenvalue weighted by molar-refractivity contribution is 5.79. The van der Waals surface area contributed by atoms with Crippen LogP contribution >= 0.6 is 0 Å². The number of carbonyl (C=O) groups is 1. The summed E-state index contributed by atoms with van der Waals surface area (Å²) in [5.74, 6) is 0.508. The van der Waals surface area contributed by atoms with Crippen molar-refractivity contribution < 1.29 is 23.4 Å². The zero-order valence-corrected chi connectivity index (χ0v) is 13.6. The first-order valence-electron chi connectivity index (χ1n) is 7.73. The second-order valence-corrected chi connectivity index (χ2v) is 5.53. The molecule has 1 aliphatic heterocycles. The molecular formula is C17H18FN3O4. The predicted molar refractivity (Wildman–Crippen MR) is 86.6 cm³/mol. The van der Waals surface area contributed by atoms with Gasteiger partial charge in [-0.15, -0.1) is 0 Å². The van der Waals surface area contributed by atoms with Gasteiger partial charge in [0.2, 0.25) is 24.4 Å². The van der Waals surface area contributed by atoms with Crippen molar-refractivity contribution in [3.05, 3.63) is 47.5 Å². The molecular weight excluding hydrogens is 329 g/mol. The minimum atomic E-state index is -0.559. The third-order valence-electron chi connectivity index (χ3n) is 3.74. The summed E-state index contributed by atoms with van der Waals surface area (Å²) in [7, 11) is 0. The highest BCUT2D eigenvalue weighted by Crippen LogP contribution is 2.43. The number of benzene rings is 1. The average molecular weight is 347 g/mol. The molecule has 132 valence electrons. The van der Waals surface area contributed by atoms with E-state index in [4.69, 9.17) is 19.9 Å². The van der Waals surface area contributed by atoms with Gasteiger partial charge in [0.25, 0.3) is 0 Å². The quantitative estimate of drug-likeness (QED) is 0.737. The third-order valence-corrected chi connectivity index (χ3v) is 3.74. The molecule has 1 aliphatic rings. The lowest BCUT2D eigenvalue weighted by atomic mass is 10.1. The Bertz CT molecular complexity index is 784. The maximum absolute atomic E-state index is 13.1. The van der Waals surface area contributed by atoms with E-state index >= 15 is 0 Å². The van der Waals surface area contributed by atoms with Gasteiger partial charge in [-0.1, -0.05) is 12.1 Å². The first kappa shape index (κ1) is 17.0. The second-order valence-electron chi connectivity index (χ2n) is 5.53. The molecule has 1 atom stereocenters. The lowest BCUT2D eigenvalue weighted by molar-refractivity contribution is -0.119. The number of halogens is 1. The fraction of sp³-hybridized carbons (Fsp3) is 0.294. The Hall–Kier alpha value is -2.87. The monoisotopic (exact) mass is 347 g/mol. The van der Waals surface area contributed by atoms with Crippen molar-refractivity contribution in [3.8, 4) is 17.2 Å². The topological polar surface area (TPSA) is 95.7 Å². The minimum Gasteiger partial charge on any atom is -0.483 e. The van der Waals surface area contributed by atoms with Crippen LogP contribution in [0.5, 0.6) is 17.2 Å². The van der Waals surface area contributed by atoms with Crippen LogP contribution in [0.25, 0.3) is 0 Å². The molecule has 7 nitrogen and oxygen atoms in total. The number of aromatic nitrogens is 1. The molecule has 0 fully saturated rings. The number of rotatable bonds is 7. The van der Waals surface area contributed by atoms with Crippen LogP contribution in [0.1, 0.15) is 18.2 Å². The van der Waals surface area contributed by atoms with Gasteiger partial charge in [-0.2, -0.15) is 4.39 Å². The van der Waals surface area contributed by atoms with Crippen LogP contribution in [0.2, 0.25) is 0 Å². The summed E-state index contributed by atoms with van der Waals surface area (Å²) in [5.41, 5.74) is 6.52. The van der Waals surface area contributed by atoms with E-state index in [0.29, 0.717) is 29.5 Å². The van der Waals surface area contributed by atoms with Gasteiger partial charge in [0.1, 0.15) is 6.61 Å². The molecule has 2 heterocycles. The van der Waals surface area contributed by atoms with Crippen LogP contribution in [0.4, 0.5) is 4.39 Å². The molecule has 3 rings (SSSR count). The van der Waals surface area contributed by atoms with Crippen LogP contribution in [0.15, 0.2) is 30.3 Å². The first-order chi connectivity index (χ1) is 12.0. The zero-order valence-electron chi connectivity index (χ0n) is 13.6. The number of amides is 1. The van der Waals surface area contributed by atoms with Crippen molar-refractivity contribution in [1.29, 1.82) is 0 Å². The fourth-order valence-electron chi connectivity index (χ4n) is 2.33. The van der Waals surface area contributed by atoms with E-state index in [1.165, 1.54) is 6.07 Å². The van der Waals surface area contributed by atoms with Crippen LogP contribution in [0.3, 0.4) is 0 Å². The van der Waals surface area contributed by atoms with Gasteiger partial charge in [-0.25, -0.2) is 4.98 Å². The number of primary amides is 1. The van der Waals surface area contributed by atoms with Gasteiger partial charge < -0.3 is 25.3 Å². The molecule has 25 heavy (non-hydrogen) atoms. The summed E-state index contributed by atoms with van der Waals surface area (Å²) in [6.45, 7) is 2.25. The van der Waals surface area contributed by atoms with Gasteiger partial charge in [0.05, 0.1) is 11.7 Å². The molecule has 0 saturated heterocycles. The third kappa shape index (κ3) is 3.97. The summed E-state index contributed by atoms with van der Waals surface area (Å²) >= 11 is 0. The molecule has 0 spiro atoms. The molecule has 3 N–H and O–H groups in total. The molecule has 0 saturated carbocycles. The largest absolute Gasteiger partial charge is 0.483 e. The SMILES string of the molecule is C[C@H](NCc1ccc(OCc2cccc(F)n2)c2c1OCO2)C(N)=O. The van der Waals surface area contributed by atoms with Gasteiger partial charge in [-0.3, -0.25) is 4.79 Å². The molecule has 1 aromatic carbocycles. The van der Waals surface area contributed by atoms with Crippen molar-refractivity contribution in [3.63, 3.8) is 0 Å². The molecule has 0 radical (unpaired) electrons. The smallest absolute Gasteiger partial charge is 0.234 e. The number of nitrogens with one attached hydrogen (secondary N) is 1. The van der Waals surface area contributed by atoms with E-state index in [2.05, 4.69) is 10.3 Å². The molecule has 8 heteroatoms. The normalized spacial score (nSPS) is 13.5. The van der Waals surface area contributed by atoms with Crippen LogP contribution in [-0.2, 0) is 17.9 Å². The second kappa shape index (κ2) is 7.35. The maximum Gasteiger partial charge on any atom is 0.234 e. The Balaban J connectivity index is 1.72. The Labute approximate surface area is 143 Å². The van der Waals surface area contributed by atoms with Crippen molar-refractivity contribution in [2.75, 3.05) is 6.79 Å². The number of pyridine rings is 1. The average Bonchev–Trinajstić information content (AvgIpc) is 3.08. The van der Waals surface area contributed by atoms with E-state index in [-0.39, 0.29) is 13.4 Å². The van der Waals surface area contributed by atoms with E-state index in [0.717, 1.165) is 5.56 Å². The molecule has 0 aliphatic carbocycles. The molecule has 0 unspecified atom stereocenters. The van der Waals surface area contributed by atoms with Gasteiger partial charge in [-0.05, 0) is 25.1 Å². The molecule has 1 aromatic heterocycles. The van der Waals surface area contributed by atoms with Gasteiger partial charge in [0, 0.05) is 12.1 Å². The Morgan fingerprint density at radius 2 is 2.16 bits per heavy atom. The van der Waals surface area contributed by atoms with Crippen LogP contribution in [-0.4, -0.2) is 23.7 Å². The van der Waals surface area contributed by atoms with Crippen molar-refractivity contribution in [2.45, 2.75) is 26.1 Å². The summed E-state index contributed by atoms with van der Waals surface area (Å²) in [5, 5.41) is 3.01.